The fraction of sp³-hybridized carbons (Fsp3) is 0.750. The second-order valence-electron chi connectivity index (χ2n) is 7.94. The van der Waals surface area contributed by atoms with E-state index in [1.54, 1.807) is 0 Å². The van der Waals surface area contributed by atoms with E-state index in [1.165, 1.54) is 25.7 Å². The molecule has 1 saturated carbocycles. The van der Waals surface area contributed by atoms with E-state index in [0.717, 1.165) is 50.1 Å². The first-order chi connectivity index (χ1) is 13.7. The lowest BCUT2D eigenvalue weighted by Gasteiger charge is -2.35. The number of anilines is 1. The molecule has 0 aromatic carbocycles. The summed E-state index contributed by atoms with van der Waals surface area (Å²) in [5.41, 5.74) is 5.10. The van der Waals surface area contributed by atoms with E-state index in [2.05, 4.69) is 43.8 Å². The number of hydrogen-bond acceptors (Lipinski definition) is 6. The number of fused-ring (bicyclic) bond motifs is 1. The van der Waals surface area contributed by atoms with Crippen LogP contribution in [-0.4, -0.2) is 50.3 Å². The molecular formula is C20H31ClN6O. The van der Waals surface area contributed by atoms with Crippen LogP contribution in [0.15, 0.2) is 6.33 Å². The van der Waals surface area contributed by atoms with E-state index in [0.29, 0.717) is 23.9 Å². The van der Waals surface area contributed by atoms with Gasteiger partial charge in [-0.2, -0.15) is 9.97 Å². The highest BCUT2D eigenvalue weighted by Crippen LogP contribution is 2.33. The van der Waals surface area contributed by atoms with Gasteiger partial charge in [0.15, 0.2) is 17.0 Å². The van der Waals surface area contributed by atoms with E-state index < -0.39 is 0 Å². The Morgan fingerprint density at radius 1 is 1.18 bits per heavy atom. The molecular weight excluding hydrogens is 376 g/mol. The molecule has 1 atom stereocenters. The summed E-state index contributed by atoms with van der Waals surface area (Å²) >= 11 is 6.26. The molecule has 3 heterocycles. The Morgan fingerprint density at radius 3 is 2.61 bits per heavy atom. The number of piperidine rings is 1. The minimum atomic E-state index is 0.270. The van der Waals surface area contributed by atoms with E-state index in [-0.39, 0.29) is 5.28 Å². The first kappa shape index (κ1) is 19.9. The van der Waals surface area contributed by atoms with Crippen LogP contribution in [0.5, 0.6) is 0 Å². The van der Waals surface area contributed by atoms with Crippen molar-refractivity contribution >= 4 is 28.6 Å². The average molecular weight is 407 g/mol. The van der Waals surface area contributed by atoms with Crippen LogP contribution < -0.4 is 5.43 Å². The third kappa shape index (κ3) is 4.11. The van der Waals surface area contributed by atoms with Crippen molar-refractivity contribution in [1.29, 1.82) is 0 Å². The second kappa shape index (κ2) is 8.93. The normalized spacial score (nSPS) is 20.8. The minimum Gasteiger partial charge on any atom is -0.378 e. The van der Waals surface area contributed by atoms with Gasteiger partial charge in [0.05, 0.1) is 12.4 Å². The molecule has 0 spiro atoms. The lowest BCUT2D eigenvalue weighted by Crippen LogP contribution is -2.41. The van der Waals surface area contributed by atoms with Crippen molar-refractivity contribution in [2.75, 3.05) is 25.1 Å². The fourth-order valence-corrected chi connectivity index (χ4v) is 4.92. The molecule has 7 nitrogen and oxygen atoms in total. The number of hydrogen-bond donors (Lipinski definition) is 1. The van der Waals surface area contributed by atoms with Gasteiger partial charge in [-0.3, -0.25) is 0 Å². The van der Waals surface area contributed by atoms with Crippen LogP contribution in [0.3, 0.4) is 0 Å². The van der Waals surface area contributed by atoms with Crippen molar-refractivity contribution in [2.24, 2.45) is 5.92 Å². The lowest BCUT2D eigenvalue weighted by atomic mass is 9.90. The van der Waals surface area contributed by atoms with Gasteiger partial charge in [0.2, 0.25) is 5.28 Å². The Bertz CT molecular complexity index is 782. The molecule has 4 rings (SSSR count). The molecule has 1 N–H and O–H groups in total. The average Bonchev–Trinajstić information content (AvgIpc) is 3.36. The number of ether oxygens (including phenoxy) is 1. The van der Waals surface area contributed by atoms with Gasteiger partial charge in [-0.05, 0) is 56.5 Å². The lowest BCUT2D eigenvalue weighted by molar-refractivity contribution is -0.00293. The van der Waals surface area contributed by atoms with Gasteiger partial charge in [-0.15, -0.1) is 0 Å². The summed E-state index contributed by atoms with van der Waals surface area (Å²) in [6.07, 6.45) is 10.5. The molecule has 154 valence electrons. The summed E-state index contributed by atoms with van der Waals surface area (Å²) in [5, 5.41) is 2.49. The van der Waals surface area contributed by atoms with Gasteiger partial charge >= 0.3 is 0 Å². The number of rotatable bonds is 7. The third-order valence-electron chi connectivity index (χ3n) is 6.22. The van der Waals surface area contributed by atoms with Crippen LogP contribution in [0.2, 0.25) is 5.28 Å². The van der Waals surface area contributed by atoms with Gasteiger partial charge in [-0.25, -0.2) is 9.99 Å². The van der Waals surface area contributed by atoms with Crippen LogP contribution in [0.25, 0.3) is 11.2 Å². The molecule has 1 unspecified atom stereocenters. The molecule has 2 aromatic rings. The number of aromatic nitrogens is 4. The monoisotopic (exact) mass is 406 g/mol. The Hall–Kier alpha value is -1.44. The number of halogens is 1. The highest BCUT2D eigenvalue weighted by atomic mass is 35.5. The topological polar surface area (TPSA) is 68.1 Å². The molecule has 0 radical (unpaired) electrons. The van der Waals surface area contributed by atoms with Crippen LogP contribution in [-0.2, 0) is 4.74 Å². The molecule has 0 bridgehead atoms. The SMILES string of the molecule is CCOC(CC)C1CCN(Nc2nc(Cl)nc3c2ncn3C2CCCC2)CC1. The molecule has 8 heteroatoms. The van der Waals surface area contributed by atoms with E-state index in [9.17, 15) is 0 Å². The van der Waals surface area contributed by atoms with Crippen LogP contribution >= 0.6 is 11.6 Å². The maximum absolute atomic E-state index is 6.26. The van der Waals surface area contributed by atoms with E-state index in [4.69, 9.17) is 16.3 Å². The number of nitrogens with zero attached hydrogens (tertiary/aromatic N) is 5. The zero-order valence-electron chi connectivity index (χ0n) is 16.9. The first-order valence-electron chi connectivity index (χ1n) is 10.7. The van der Waals surface area contributed by atoms with E-state index >= 15 is 0 Å². The van der Waals surface area contributed by atoms with Crippen molar-refractivity contribution in [1.82, 2.24) is 24.5 Å². The van der Waals surface area contributed by atoms with Crippen molar-refractivity contribution in [3.8, 4) is 0 Å². The van der Waals surface area contributed by atoms with Crippen molar-refractivity contribution < 1.29 is 4.74 Å². The van der Waals surface area contributed by atoms with Crippen LogP contribution in [0.1, 0.15) is 64.8 Å². The number of hydrazine groups is 1. The molecule has 0 amide bonds. The Kier molecular flexibility index (Phi) is 6.33. The quantitative estimate of drug-likeness (QED) is 0.685. The van der Waals surface area contributed by atoms with Gasteiger partial charge < -0.3 is 14.7 Å². The summed E-state index contributed by atoms with van der Waals surface area (Å²) in [6, 6.07) is 0.476. The summed E-state index contributed by atoms with van der Waals surface area (Å²) in [7, 11) is 0. The first-order valence-corrected chi connectivity index (χ1v) is 11.1. The number of imidazole rings is 1. The van der Waals surface area contributed by atoms with Gasteiger partial charge in [-0.1, -0.05) is 19.8 Å². The maximum Gasteiger partial charge on any atom is 0.226 e. The molecule has 2 aliphatic rings. The molecule has 28 heavy (non-hydrogen) atoms. The highest BCUT2D eigenvalue weighted by Gasteiger charge is 2.27. The summed E-state index contributed by atoms with van der Waals surface area (Å²) < 4.78 is 8.10. The Labute approximate surface area is 171 Å². The van der Waals surface area contributed by atoms with Crippen molar-refractivity contribution in [3.05, 3.63) is 11.6 Å². The van der Waals surface area contributed by atoms with Crippen LogP contribution in [0.4, 0.5) is 5.82 Å². The van der Waals surface area contributed by atoms with Gasteiger partial charge in [0.25, 0.3) is 0 Å². The third-order valence-corrected chi connectivity index (χ3v) is 6.39. The zero-order chi connectivity index (χ0) is 19.5. The van der Waals surface area contributed by atoms with Crippen molar-refractivity contribution in [3.63, 3.8) is 0 Å². The number of nitrogens with one attached hydrogen (secondary N) is 1. The largest absolute Gasteiger partial charge is 0.378 e. The van der Waals surface area contributed by atoms with Gasteiger partial charge in [0.1, 0.15) is 0 Å². The zero-order valence-corrected chi connectivity index (χ0v) is 17.7. The van der Waals surface area contributed by atoms with Crippen molar-refractivity contribution in [2.45, 2.75) is 70.9 Å². The van der Waals surface area contributed by atoms with E-state index in [1.807, 2.05) is 6.33 Å². The molecule has 2 aromatic heterocycles. The molecule has 2 fully saturated rings. The van der Waals surface area contributed by atoms with Gasteiger partial charge in [0, 0.05) is 25.7 Å². The minimum absolute atomic E-state index is 0.270. The Balaban J connectivity index is 1.47. The predicted octanol–water partition coefficient (Wildman–Crippen LogP) is 4.45. The molecule has 1 saturated heterocycles. The predicted molar refractivity (Wildman–Crippen MR) is 111 cm³/mol. The fourth-order valence-electron chi connectivity index (χ4n) is 4.75. The smallest absolute Gasteiger partial charge is 0.226 e. The molecule has 1 aliphatic carbocycles. The summed E-state index contributed by atoms with van der Waals surface area (Å²) in [4.78, 5) is 13.5. The highest BCUT2D eigenvalue weighted by molar-refractivity contribution is 6.28. The second-order valence-corrected chi connectivity index (χ2v) is 8.28. The van der Waals surface area contributed by atoms with Crippen LogP contribution in [0, 0.1) is 5.92 Å². The standard InChI is InChI=1S/C20H31ClN6O/c1-3-16(28-4-2)14-9-11-26(12-10-14)25-18-17-19(24-20(21)23-18)27(13-22-17)15-7-5-6-8-15/h13-16H,3-12H2,1-2H3,(H,23,24,25). The summed E-state index contributed by atoms with van der Waals surface area (Å²) in [5.74, 6) is 1.33. The Morgan fingerprint density at radius 2 is 1.93 bits per heavy atom. The maximum atomic E-state index is 6.26. The molecule has 1 aliphatic heterocycles. The summed E-state index contributed by atoms with van der Waals surface area (Å²) in [6.45, 7) is 7.00.